The van der Waals surface area contributed by atoms with Crippen molar-refractivity contribution in [3.63, 3.8) is 0 Å². The van der Waals surface area contributed by atoms with Crippen LogP contribution in [0.5, 0.6) is 0 Å². The lowest BCUT2D eigenvalue weighted by molar-refractivity contribution is 0.0696. The molecular weight excluding hydrogens is 256 g/mol. The van der Waals surface area contributed by atoms with Gasteiger partial charge in [-0.1, -0.05) is 18.2 Å². The van der Waals surface area contributed by atoms with E-state index in [0.717, 1.165) is 10.9 Å². The van der Waals surface area contributed by atoms with Crippen molar-refractivity contribution >= 4 is 16.9 Å². The molecule has 0 aliphatic rings. The number of benzene rings is 1. The summed E-state index contributed by atoms with van der Waals surface area (Å²) in [6, 6.07) is 11.8. The Bertz CT molecular complexity index is 868. The van der Waals surface area contributed by atoms with Gasteiger partial charge in [0.25, 0.3) is 5.56 Å². The summed E-state index contributed by atoms with van der Waals surface area (Å²) in [5.74, 6) is -1.08. The number of fused-ring (bicyclic) bond motifs is 1. The van der Waals surface area contributed by atoms with Crippen LogP contribution in [0.15, 0.2) is 59.7 Å². The Kier molecular flexibility index (Phi) is 2.80. The van der Waals surface area contributed by atoms with E-state index in [4.69, 9.17) is 5.11 Å². The smallest absolute Gasteiger partial charge is 0.337 e. The second-order valence-electron chi connectivity index (χ2n) is 4.32. The Labute approximate surface area is 113 Å². The molecule has 98 valence electrons. The summed E-state index contributed by atoms with van der Waals surface area (Å²) in [7, 11) is 0. The minimum atomic E-state index is -1.08. The Hall–Kier alpha value is -2.95. The molecule has 2 aromatic heterocycles. The van der Waals surface area contributed by atoms with Gasteiger partial charge in [-0.2, -0.15) is 0 Å². The summed E-state index contributed by atoms with van der Waals surface area (Å²) in [5.41, 5.74) is 1.11. The van der Waals surface area contributed by atoms with Crippen molar-refractivity contribution in [2.45, 2.75) is 0 Å². The van der Waals surface area contributed by atoms with Crippen LogP contribution in [-0.4, -0.2) is 20.6 Å². The molecule has 0 bridgehead atoms. The average molecular weight is 266 g/mol. The van der Waals surface area contributed by atoms with Crippen LogP contribution < -0.4 is 5.56 Å². The predicted molar refractivity (Wildman–Crippen MR) is 74.3 cm³/mol. The molecule has 0 radical (unpaired) electrons. The summed E-state index contributed by atoms with van der Waals surface area (Å²) in [6.07, 6.45) is 2.85. The van der Waals surface area contributed by atoms with Crippen molar-refractivity contribution < 1.29 is 9.90 Å². The van der Waals surface area contributed by atoms with Crippen LogP contribution in [0.3, 0.4) is 0 Å². The first-order valence-electron chi connectivity index (χ1n) is 5.96. The van der Waals surface area contributed by atoms with E-state index in [-0.39, 0.29) is 11.1 Å². The molecule has 0 atom stereocenters. The minimum Gasteiger partial charge on any atom is -0.478 e. The van der Waals surface area contributed by atoms with E-state index < -0.39 is 5.97 Å². The number of aromatic carboxylic acids is 1. The number of para-hydroxylation sites is 1. The van der Waals surface area contributed by atoms with Crippen LogP contribution in [-0.2, 0) is 0 Å². The Morgan fingerprint density at radius 2 is 1.95 bits per heavy atom. The molecule has 0 aliphatic heterocycles. The third-order valence-electron chi connectivity index (χ3n) is 3.01. The van der Waals surface area contributed by atoms with E-state index in [9.17, 15) is 9.59 Å². The highest BCUT2D eigenvalue weighted by atomic mass is 16.4. The monoisotopic (exact) mass is 266 g/mol. The van der Waals surface area contributed by atoms with Crippen molar-refractivity contribution in [3.05, 3.63) is 70.8 Å². The normalized spacial score (nSPS) is 10.6. The number of pyridine rings is 2. The molecule has 3 rings (SSSR count). The van der Waals surface area contributed by atoms with E-state index >= 15 is 0 Å². The molecule has 3 aromatic rings. The topological polar surface area (TPSA) is 72.2 Å². The number of hydrogen-bond acceptors (Lipinski definition) is 3. The van der Waals surface area contributed by atoms with Gasteiger partial charge >= 0.3 is 5.97 Å². The molecule has 0 saturated heterocycles. The molecule has 20 heavy (non-hydrogen) atoms. The number of hydrogen-bond donors (Lipinski definition) is 1. The Balaban J connectivity index is 2.22. The van der Waals surface area contributed by atoms with Gasteiger partial charge in [-0.25, -0.2) is 4.79 Å². The van der Waals surface area contributed by atoms with Crippen molar-refractivity contribution in [2.24, 2.45) is 0 Å². The molecule has 0 amide bonds. The lowest BCUT2D eigenvalue weighted by Crippen LogP contribution is -2.18. The predicted octanol–water partition coefficient (Wildman–Crippen LogP) is 2.08. The fraction of sp³-hybridized carbons (Fsp3) is 0. The summed E-state index contributed by atoms with van der Waals surface area (Å²) < 4.78 is 1.28. The summed E-state index contributed by atoms with van der Waals surface area (Å²) in [5, 5.41) is 9.87. The fourth-order valence-electron chi connectivity index (χ4n) is 2.01. The first-order valence-corrected chi connectivity index (χ1v) is 5.96. The lowest BCUT2D eigenvalue weighted by Gasteiger charge is -2.07. The highest BCUT2D eigenvalue weighted by molar-refractivity contribution is 5.87. The van der Waals surface area contributed by atoms with E-state index in [1.165, 1.54) is 22.9 Å². The molecule has 0 saturated carbocycles. The molecule has 0 unspecified atom stereocenters. The summed E-state index contributed by atoms with van der Waals surface area (Å²) >= 11 is 0. The third-order valence-corrected chi connectivity index (χ3v) is 3.01. The lowest BCUT2D eigenvalue weighted by atomic mass is 10.2. The molecule has 5 heteroatoms. The third kappa shape index (κ3) is 2.05. The fourth-order valence-corrected chi connectivity index (χ4v) is 2.01. The van der Waals surface area contributed by atoms with Gasteiger partial charge in [-0.05, 0) is 18.2 Å². The maximum atomic E-state index is 11.9. The van der Waals surface area contributed by atoms with Crippen LogP contribution in [0.25, 0.3) is 16.6 Å². The second-order valence-corrected chi connectivity index (χ2v) is 4.32. The van der Waals surface area contributed by atoms with E-state index in [1.54, 1.807) is 12.3 Å². The van der Waals surface area contributed by atoms with Crippen LogP contribution in [0.1, 0.15) is 10.4 Å². The molecular formula is C15H10N2O3. The van der Waals surface area contributed by atoms with E-state index in [1.807, 2.05) is 24.3 Å². The maximum Gasteiger partial charge on any atom is 0.337 e. The number of aromatic nitrogens is 2. The van der Waals surface area contributed by atoms with Crippen molar-refractivity contribution in [1.29, 1.82) is 0 Å². The second kappa shape index (κ2) is 4.62. The molecule has 1 aromatic carbocycles. The van der Waals surface area contributed by atoms with E-state index in [0.29, 0.717) is 5.69 Å². The molecule has 0 spiro atoms. The largest absolute Gasteiger partial charge is 0.478 e. The van der Waals surface area contributed by atoms with Gasteiger partial charge in [0, 0.05) is 17.6 Å². The van der Waals surface area contributed by atoms with Gasteiger partial charge in [0.2, 0.25) is 0 Å². The zero-order chi connectivity index (χ0) is 14.1. The first kappa shape index (κ1) is 12.1. The zero-order valence-electron chi connectivity index (χ0n) is 10.4. The first-order chi connectivity index (χ1) is 9.65. The highest BCUT2D eigenvalue weighted by Gasteiger charge is 2.07. The van der Waals surface area contributed by atoms with Gasteiger partial charge in [-0.3, -0.25) is 14.3 Å². The van der Waals surface area contributed by atoms with Gasteiger partial charge in [0.05, 0.1) is 23.0 Å². The van der Waals surface area contributed by atoms with Crippen molar-refractivity contribution in [1.82, 2.24) is 9.55 Å². The van der Waals surface area contributed by atoms with Crippen molar-refractivity contribution in [3.8, 4) is 5.69 Å². The Morgan fingerprint density at radius 3 is 2.75 bits per heavy atom. The summed E-state index contributed by atoms with van der Waals surface area (Å²) in [4.78, 5) is 27.1. The van der Waals surface area contributed by atoms with Crippen LogP contribution in [0, 0.1) is 0 Å². The molecule has 5 nitrogen and oxygen atoms in total. The SMILES string of the molecule is O=C(O)c1ccc(=O)n(-c2cnc3ccccc3c2)c1. The minimum absolute atomic E-state index is 0.0535. The van der Waals surface area contributed by atoms with Gasteiger partial charge in [0.1, 0.15) is 0 Å². The van der Waals surface area contributed by atoms with Gasteiger partial charge in [-0.15, -0.1) is 0 Å². The maximum absolute atomic E-state index is 11.9. The zero-order valence-corrected chi connectivity index (χ0v) is 10.4. The van der Waals surface area contributed by atoms with Crippen LogP contribution in [0.2, 0.25) is 0 Å². The quantitative estimate of drug-likeness (QED) is 0.770. The average Bonchev–Trinajstić information content (AvgIpc) is 2.47. The molecule has 1 N–H and O–H groups in total. The van der Waals surface area contributed by atoms with Gasteiger partial charge in [0.15, 0.2) is 0 Å². The van der Waals surface area contributed by atoms with Crippen molar-refractivity contribution in [2.75, 3.05) is 0 Å². The molecule has 0 aliphatic carbocycles. The van der Waals surface area contributed by atoms with Crippen LogP contribution >= 0.6 is 0 Å². The Morgan fingerprint density at radius 1 is 1.15 bits per heavy atom. The van der Waals surface area contributed by atoms with Gasteiger partial charge < -0.3 is 5.11 Å². The molecule has 0 fully saturated rings. The number of nitrogens with zero attached hydrogens (tertiary/aromatic N) is 2. The standard InChI is InChI=1S/C15H10N2O3/c18-14-6-5-11(15(19)20)9-17(14)12-7-10-3-1-2-4-13(10)16-8-12/h1-9H,(H,19,20). The number of rotatable bonds is 2. The number of carbonyl (C=O) groups is 1. The molecule has 2 heterocycles. The van der Waals surface area contributed by atoms with E-state index in [2.05, 4.69) is 4.98 Å². The number of carboxylic acid groups (broad SMARTS) is 1. The van der Waals surface area contributed by atoms with Crippen LogP contribution in [0.4, 0.5) is 0 Å². The summed E-state index contributed by atoms with van der Waals surface area (Å²) in [6.45, 7) is 0. The number of carboxylic acids is 1. The highest BCUT2D eigenvalue weighted by Crippen LogP contribution is 2.15.